The van der Waals surface area contributed by atoms with Crippen LogP contribution in [0.2, 0.25) is 0 Å². The van der Waals surface area contributed by atoms with Crippen LogP contribution < -0.4 is 15.4 Å². The Morgan fingerprint density at radius 1 is 0.960 bits per heavy atom. The normalized spacial score (nSPS) is 11.4. The molecule has 0 aliphatic heterocycles. The van der Waals surface area contributed by atoms with Crippen molar-refractivity contribution in [1.29, 1.82) is 0 Å². The number of hydrogen-bond acceptors (Lipinski definition) is 5. The Labute approximate surface area is 145 Å². The number of benzene rings is 1. The highest BCUT2D eigenvalue weighted by Crippen LogP contribution is 2.18. The van der Waals surface area contributed by atoms with E-state index in [4.69, 9.17) is 4.42 Å². The van der Waals surface area contributed by atoms with Gasteiger partial charge in [0.2, 0.25) is 11.0 Å². The lowest BCUT2D eigenvalue weighted by atomic mass is 10.2. The molecule has 0 saturated carbocycles. The highest BCUT2D eigenvalue weighted by Gasteiger charge is 2.19. The highest BCUT2D eigenvalue weighted by atomic mass is 32.2. The average Bonchev–Trinajstić information content (AvgIpc) is 3.07. The largest absolute Gasteiger partial charge is 0.438 e. The molecule has 2 rings (SSSR count). The van der Waals surface area contributed by atoms with E-state index in [9.17, 15) is 18.0 Å². The van der Waals surface area contributed by atoms with Crippen molar-refractivity contribution in [3.63, 3.8) is 0 Å². The van der Waals surface area contributed by atoms with Crippen molar-refractivity contribution in [2.45, 2.75) is 18.9 Å². The standard InChI is InChI=1S/C16H19N3O5S/c1-10(2)15(20)18-11-4-6-12(7-5-11)19-16(21)13-8-9-14(24-13)25(22,23)17-3/h4-10,17H,1-3H3,(H,18,20)(H,19,21). The minimum Gasteiger partial charge on any atom is -0.438 e. The van der Waals surface area contributed by atoms with E-state index in [1.165, 1.54) is 19.2 Å². The first-order chi connectivity index (χ1) is 11.7. The third kappa shape index (κ3) is 4.68. The van der Waals surface area contributed by atoms with Crippen molar-refractivity contribution in [2.24, 2.45) is 5.92 Å². The van der Waals surface area contributed by atoms with Gasteiger partial charge in [-0.2, -0.15) is 0 Å². The SMILES string of the molecule is CNS(=O)(=O)c1ccc(C(=O)Nc2ccc(NC(=O)C(C)C)cc2)o1. The van der Waals surface area contributed by atoms with Crippen LogP contribution in [0.15, 0.2) is 45.9 Å². The predicted molar refractivity (Wildman–Crippen MR) is 92.8 cm³/mol. The molecule has 9 heteroatoms. The molecule has 0 spiro atoms. The van der Waals surface area contributed by atoms with E-state index in [0.29, 0.717) is 11.4 Å². The van der Waals surface area contributed by atoms with Crippen LogP contribution in [0.25, 0.3) is 0 Å². The first-order valence-electron chi connectivity index (χ1n) is 7.48. The number of sulfonamides is 1. The van der Waals surface area contributed by atoms with E-state index in [0.717, 1.165) is 0 Å². The van der Waals surface area contributed by atoms with Crippen LogP contribution in [0, 0.1) is 5.92 Å². The number of hydrogen-bond donors (Lipinski definition) is 3. The van der Waals surface area contributed by atoms with Crippen molar-refractivity contribution in [3.05, 3.63) is 42.2 Å². The van der Waals surface area contributed by atoms with Gasteiger partial charge in [0.05, 0.1) is 0 Å². The highest BCUT2D eigenvalue weighted by molar-refractivity contribution is 7.89. The van der Waals surface area contributed by atoms with Crippen molar-refractivity contribution in [2.75, 3.05) is 17.7 Å². The summed E-state index contributed by atoms with van der Waals surface area (Å²) in [5, 5.41) is 4.98. The van der Waals surface area contributed by atoms with Gasteiger partial charge in [0.25, 0.3) is 15.9 Å². The first-order valence-corrected chi connectivity index (χ1v) is 8.97. The van der Waals surface area contributed by atoms with E-state index in [1.54, 1.807) is 38.1 Å². The molecule has 1 aromatic heterocycles. The Balaban J connectivity index is 2.05. The summed E-state index contributed by atoms with van der Waals surface area (Å²) in [6, 6.07) is 9.00. The minimum atomic E-state index is -3.74. The summed E-state index contributed by atoms with van der Waals surface area (Å²) < 4.78 is 30.4. The van der Waals surface area contributed by atoms with E-state index in [2.05, 4.69) is 15.4 Å². The molecule has 134 valence electrons. The summed E-state index contributed by atoms with van der Waals surface area (Å²) in [6.07, 6.45) is 0. The second kappa shape index (κ2) is 7.49. The fraction of sp³-hybridized carbons (Fsp3) is 0.250. The lowest BCUT2D eigenvalue weighted by Crippen LogP contribution is -2.18. The minimum absolute atomic E-state index is 0.106. The fourth-order valence-electron chi connectivity index (χ4n) is 1.80. The molecule has 0 bridgehead atoms. The van der Waals surface area contributed by atoms with Crippen molar-refractivity contribution in [3.8, 4) is 0 Å². The zero-order chi connectivity index (χ0) is 18.6. The van der Waals surface area contributed by atoms with Gasteiger partial charge in [-0.25, -0.2) is 13.1 Å². The monoisotopic (exact) mass is 365 g/mol. The second-order valence-electron chi connectivity index (χ2n) is 5.50. The Kier molecular flexibility index (Phi) is 5.60. The van der Waals surface area contributed by atoms with Crippen LogP contribution >= 0.6 is 0 Å². The topological polar surface area (TPSA) is 118 Å². The smallest absolute Gasteiger partial charge is 0.291 e. The van der Waals surface area contributed by atoms with Crippen molar-refractivity contribution >= 4 is 33.2 Å². The maximum Gasteiger partial charge on any atom is 0.291 e. The zero-order valence-corrected chi connectivity index (χ0v) is 14.8. The number of anilines is 2. The predicted octanol–water partition coefficient (Wildman–Crippen LogP) is 2.03. The summed E-state index contributed by atoms with van der Waals surface area (Å²) in [7, 11) is -2.50. The fourth-order valence-corrected chi connectivity index (χ4v) is 2.45. The Hall–Kier alpha value is -2.65. The molecule has 1 heterocycles. The molecule has 0 aliphatic carbocycles. The second-order valence-corrected chi connectivity index (χ2v) is 7.32. The molecule has 2 amide bonds. The summed E-state index contributed by atoms with van der Waals surface area (Å²) in [5.74, 6) is -0.963. The maximum absolute atomic E-state index is 12.1. The number of carbonyl (C=O) groups is 2. The molecule has 0 saturated heterocycles. The third-order valence-corrected chi connectivity index (χ3v) is 4.56. The van der Waals surface area contributed by atoms with Gasteiger partial charge in [0, 0.05) is 17.3 Å². The summed E-state index contributed by atoms with van der Waals surface area (Å²) in [5.41, 5.74) is 1.08. The molecule has 0 atom stereocenters. The number of nitrogens with one attached hydrogen (secondary N) is 3. The van der Waals surface area contributed by atoms with Crippen LogP contribution in [0.5, 0.6) is 0 Å². The molecular weight excluding hydrogens is 346 g/mol. The van der Waals surface area contributed by atoms with Gasteiger partial charge in [-0.15, -0.1) is 0 Å². The number of rotatable bonds is 6. The van der Waals surface area contributed by atoms with E-state index >= 15 is 0 Å². The lowest BCUT2D eigenvalue weighted by molar-refractivity contribution is -0.118. The molecule has 8 nitrogen and oxygen atoms in total. The van der Waals surface area contributed by atoms with E-state index < -0.39 is 15.9 Å². The Bertz CT molecular complexity index is 869. The molecule has 3 N–H and O–H groups in total. The van der Waals surface area contributed by atoms with E-state index in [-0.39, 0.29) is 22.7 Å². The number of carbonyl (C=O) groups excluding carboxylic acids is 2. The van der Waals surface area contributed by atoms with Crippen LogP contribution in [-0.2, 0) is 14.8 Å². The van der Waals surface area contributed by atoms with Gasteiger partial charge < -0.3 is 15.1 Å². The maximum atomic E-state index is 12.1. The first kappa shape index (κ1) is 18.7. The van der Waals surface area contributed by atoms with Crippen molar-refractivity contribution in [1.82, 2.24) is 4.72 Å². The molecule has 25 heavy (non-hydrogen) atoms. The summed E-state index contributed by atoms with van der Waals surface area (Å²) >= 11 is 0. The average molecular weight is 365 g/mol. The molecule has 1 aromatic carbocycles. The Morgan fingerprint density at radius 2 is 1.52 bits per heavy atom. The quantitative estimate of drug-likeness (QED) is 0.724. The molecular formula is C16H19N3O5S. The van der Waals surface area contributed by atoms with Gasteiger partial charge in [-0.05, 0) is 43.4 Å². The lowest BCUT2D eigenvalue weighted by Gasteiger charge is -2.09. The molecule has 0 radical (unpaired) electrons. The molecule has 0 unspecified atom stereocenters. The third-order valence-electron chi connectivity index (χ3n) is 3.27. The van der Waals surface area contributed by atoms with Gasteiger partial charge in [-0.3, -0.25) is 9.59 Å². The van der Waals surface area contributed by atoms with E-state index in [1.807, 2.05) is 0 Å². The van der Waals surface area contributed by atoms with Gasteiger partial charge >= 0.3 is 0 Å². The van der Waals surface area contributed by atoms with Gasteiger partial charge in [0.1, 0.15) is 0 Å². The molecule has 2 aromatic rings. The number of furan rings is 1. The van der Waals surface area contributed by atoms with Crippen LogP contribution in [0.4, 0.5) is 11.4 Å². The van der Waals surface area contributed by atoms with Crippen molar-refractivity contribution < 1.29 is 22.4 Å². The van der Waals surface area contributed by atoms with Crippen LogP contribution in [0.1, 0.15) is 24.4 Å². The van der Waals surface area contributed by atoms with Gasteiger partial charge in [-0.1, -0.05) is 13.8 Å². The summed E-state index contributed by atoms with van der Waals surface area (Å²) in [6.45, 7) is 3.58. The molecule has 0 fully saturated rings. The number of amides is 2. The zero-order valence-electron chi connectivity index (χ0n) is 14.0. The van der Waals surface area contributed by atoms with Crippen LogP contribution in [0.3, 0.4) is 0 Å². The Morgan fingerprint density at radius 3 is 2.04 bits per heavy atom. The molecule has 0 aliphatic rings. The summed E-state index contributed by atoms with van der Waals surface area (Å²) in [4.78, 5) is 23.7. The van der Waals surface area contributed by atoms with Crippen LogP contribution in [-0.4, -0.2) is 27.3 Å². The van der Waals surface area contributed by atoms with Gasteiger partial charge in [0.15, 0.2) is 5.76 Å².